The molecule has 4 aromatic rings. The fraction of sp³-hybridized carbons (Fsp3) is 0.179. The number of benzene rings is 3. The first-order valence-corrected chi connectivity index (χ1v) is 11.7. The highest BCUT2D eigenvalue weighted by molar-refractivity contribution is 5.73. The van der Waals surface area contributed by atoms with Crippen molar-refractivity contribution in [3.05, 3.63) is 90.0 Å². The van der Waals surface area contributed by atoms with Gasteiger partial charge < -0.3 is 26.0 Å². The Labute approximate surface area is 222 Å². The predicted molar refractivity (Wildman–Crippen MR) is 139 cm³/mol. The summed E-state index contributed by atoms with van der Waals surface area (Å²) in [6.45, 7) is 0. The van der Waals surface area contributed by atoms with Crippen molar-refractivity contribution in [3.63, 3.8) is 0 Å². The molecule has 0 bridgehead atoms. The van der Waals surface area contributed by atoms with Crippen molar-refractivity contribution in [3.8, 4) is 34.0 Å². The third-order valence-corrected chi connectivity index (χ3v) is 5.92. The van der Waals surface area contributed by atoms with Crippen molar-refractivity contribution in [2.24, 2.45) is 5.73 Å². The summed E-state index contributed by atoms with van der Waals surface area (Å²) in [5.74, 6) is -1.19. The molecule has 8 nitrogen and oxygen atoms in total. The van der Waals surface area contributed by atoms with E-state index in [0.717, 1.165) is 0 Å². The molecule has 3 aromatic carbocycles. The molecule has 0 saturated carbocycles. The van der Waals surface area contributed by atoms with Crippen LogP contribution >= 0.6 is 0 Å². The molecule has 202 valence electrons. The van der Waals surface area contributed by atoms with Gasteiger partial charge in [0.25, 0.3) is 0 Å². The zero-order valence-electron chi connectivity index (χ0n) is 20.7. The van der Waals surface area contributed by atoms with E-state index in [0.29, 0.717) is 28.0 Å². The van der Waals surface area contributed by atoms with E-state index in [2.05, 4.69) is 9.97 Å². The first kappa shape index (κ1) is 27.4. The van der Waals surface area contributed by atoms with Crippen LogP contribution < -0.4 is 20.9 Å². The minimum absolute atomic E-state index is 0.104. The average molecular weight is 539 g/mol. The number of carboxylic acid groups (broad SMARTS) is 1. The topological polar surface area (TPSA) is 134 Å². The minimum atomic E-state index is -4.78. The van der Waals surface area contributed by atoms with Gasteiger partial charge in [-0.2, -0.15) is 18.2 Å². The predicted octanol–water partition coefficient (Wildman–Crippen LogP) is 5.04. The van der Waals surface area contributed by atoms with Gasteiger partial charge in [-0.3, -0.25) is 4.79 Å². The molecule has 2 atom stereocenters. The third kappa shape index (κ3) is 6.63. The quantitative estimate of drug-likeness (QED) is 0.270. The maximum atomic E-state index is 14.4. The molecular weight excluding hydrogens is 513 g/mol. The lowest BCUT2D eigenvalue weighted by Crippen LogP contribution is -2.32. The largest absolute Gasteiger partial charge is 0.497 e. The van der Waals surface area contributed by atoms with E-state index < -0.39 is 24.3 Å². The van der Waals surface area contributed by atoms with E-state index in [1.165, 1.54) is 25.3 Å². The van der Waals surface area contributed by atoms with E-state index >= 15 is 0 Å². The van der Waals surface area contributed by atoms with Crippen LogP contribution in [0.5, 0.6) is 11.6 Å². The molecule has 0 fully saturated rings. The van der Waals surface area contributed by atoms with Crippen molar-refractivity contribution in [2.45, 2.75) is 24.7 Å². The van der Waals surface area contributed by atoms with Gasteiger partial charge in [0, 0.05) is 17.2 Å². The van der Waals surface area contributed by atoms with Gasteiger partial charge in [0.2, 0.25) is 17.9 Å². The van der Waals surface area contributed by atoms with Crippen molar-refractivity contribution in [1.29, 1.82) is 0 Å². The van der Waals surface area contributed by atoms with Gasteiger partial charge in [0.15, 0.2) is 0 Å². The van der Waals surface area contributed by atoms with Gasteiger partial charge in [0.05, 0.1) is 12.8 Å². The molecule has 11 heteroatoms. The van der Waals surface area contributed by atoms with Crippen LogP contribution in [-0.2, 0) is 11.2 Å². The highest BCUT2D eigenvalue weighted by Crippen LogP contribution is 2.41. The molecule has 0 saturated heterocycles. The fourth-order valence-electron chi connectivity index (χ4n) is 3.99. The van der Waals surface area contributed by atoms with E-state index in [9.17, 15) is 18.0 Å². The Bertz CT molecular complexity index is 1440. The molecule has 1 heterocycles. The van der Waals surface area contributed by atoms with Gasteiger partial charge in [-0.05, 0) is 35.2 Å². The molecule has 39 heavy (non-hydrogen) atoms. The number of carboxylic acids is 1. The van der Waals surface area contributed by atoms with Gasteiger partial charge in [-0.25, -0.2) is 4.98 Å². The number of hydrogen-bond donors (Lipinski definition) is 3. The third-order valence-electron chi connectivity index (χ3n) is 5.92. The molecule has 0 radical (unpaired) electrons. The Morgan fingerprint density at radius 3 is 2.23 bits per heavy atom. The minimum Gasteiger partial charge on any atom is -0.497 e. The SMILES string of the molecule is COc1ccc(-c2ccccc2C(Oc2cc(-c3ccc(C[C@H](N)C(=O)O)cc3)nc(N)n2)C(F)(F)F)cc1. The molecule has 0 aliphatic rings. The number of aliphatic carboxylic acids is 1. The first-order chi connectivity index (χ1) is 18.5. The molecule has 0 amide bonds. The number of methoxy groups -OCH3 is 1. The van der Waals surface area contributed by atoms with E-state index in [1.54, 1.807) is 60.7 Å². The summed E-state index contributed by atoms with van der Waals surface area (Å²) in [5, 5.41) is 9.00. The zero-order valence-corrected chi connectivity index (χ0v) is 20.7. The number of nitrogen functional groups attached to an aromatic ring is 1. The van der Waals surface area contributed by atoms with Gasteiger partial charge >= 0.3 is 12.1 Å². The maximum Gasteiger partial charge on any atom is 0.429 e. The van der Waals surface area contributed by atoms with Crippen LogP contribution in [0.1, 0.15) is 17.2 Å². The number of ether oxygens (including phenoxy) is 2. The van der Waals surface area contributed by atoms with Crippen LogP contribution in [0.2, 0.25) is 0 Å². The lowest BCUT2D eigenvalue weighted by Gasteiger charge is -2.24. The van der Waals surface area contributed by atoms with Crippen LogP contribution in [-0.4, -0.2) is 40.4 Å². The fourth-order valence-corrected chi connectivity index (χ4v) is 3.99. The Morgan fingerprint density at radius 1 is 0.974 bits per heavy atom. The molecule has 1 unspecified atom stereocenters. The molecular formula is C28H25F3N4O4. The summed E-state index contributed by atoms with van der Waals surface area (Å²) >= 11 is 0. The Balaban J connectivity index is 1.66. The molecule has 0 aliphatic heterocycles. The zero-order chi connectivity index (χ0) is 28.2. The van der Waals surface area contributed by atoms with Gasteiger partial charge in [0.1, 0.15) is 11.8 Å². The van der Waals surface area contributed by atoms with Crippen molar-refractivity contribution < 1.29 is 32.5 Å². The van der Waals surface area contributed by atoms with Gasteiger partial charge in [-0.15, -0.1) is 0 Å². The number of rotatable bonds is 9. The highest BCUT2D eigenvalue weighted by atomic mass is 19.4. The summed E-state index contributed by atoms with van der Waals surface area (Å²) in [5.41, 5.74) is 13.6. The standard InChI is InChI=1S/C28H25F3N4O4/c1-38-19-12-10-17(11-13-19)20-4-2-3-5-21(20)25(28(29,30)31)39-24-15-23(34-27(33)35-24)18-8-6-16(7-9-18)14-22(32)26(36)37/h2-13,15,22,25H,14,32H2,1H3,(H,36,37)(H2,33,34,35)/t22-,25?/m0/s1. The molecule has 4 rings (SSSR count). The molecule has 0 spiro atoms. The lowest BCUT2D eigenvalue weighted by molar-refractivity contribution is -0.198. The second kappa shape index (κ2) is 11.4. The number of carbonyl (C=O) groups is 1. The second-order valence-corrected chi connectivity index (χ2v) is 8.65. The van der Waals surface area contributed by atoms with E-state index in [4.69, 9.17) is 26.0 Å². The number of hydrogen-bond acceptors (Lipinski definition) is 7. The smallest absolute Gasteiger partial charge is 0.429 e. The molecule has 5 N–H and O–H groups in total. The maximum absolute atomic E-state index is 14.4. The average Bonchev–Trinajstić information content (AvgIpc) is 2.91. The second-order valence-electron chi connectivity index (χ2n) is 8.65. The Morgan fingerprint density at radius 2 is 1.62 bits per heavy atom. The van der Waals surface area contributed by atoms with Crippen LogP contribution in [0, 0.1) is 0 Å². The summed E-state index contributed by atoms with van der Waals surface area (Å²) in [4.78, 5) is 19.0. The van der Waals surface area contributed by atoms with Crippen LogP contribution in [0.4, 0.5) is 19.1 Å². The Kier molecular flexibility index (Phi) is 8.01. The van der Waals surface area contributed by atoms with Crippen LogP contribution in [0.25, 0.3) is 22.4 Å². The van der Waals surface area contributed by atoms with Gasteiger partial charge in [-0.1, -0.05) is 60.7 Å². The Hall–Kier alpha value is -4.64. The van der Waals surface area contributed by atoms with E-state index in [-0.39, 0.29) is 29.5 Å². The van der Waals surface area contributed by atoms with Crippen LogP contribution in [0.3, 0.4) is 0 Å². The van der Waals surface area contributed by atoms with Crippen molar-refractivity contribution >= 4 is 11.9 Å². The summed E-state index contributed by atoms with van der Waals surface area (Å²) in [6, 6.07) is 19.5. The summed E-state index contributed by atoms with van der Waals surface area (Å²) in [7, 11) is 1.50. The highest BCUT2D eigenvalue weighted by Gasteiger charge is 2.44. The number of nitrogens with zero attached hydrogens (tertiary/aromatic N) is 2. The summed E-state index contributed by atoms with van der Waals surface area (Å²) in [6.07, 6.45) is -7.03. The monoisotopic (exact) mass is 538 g/mol. The van der Waals surface area contributed by atoms with Crippen molar-refractivity contribution in [2.75, 3.05) is 12.8 Å². The normalized spacial score (nSPS) is 12.9. The molecule has 0 aliphatic carbocycles. The molecule has 1 aromatic heterocycles. The number of aromatic nitrogens is 2. The number of halogens is 3. The number of anilines is 1. The number of alkyl halides is 3. The van der Waals surface area contributed by atoms with Crippen molar-refractivity contribution in [1.82, 2.24) is 9.97 Å². The number of nitrogens with two attached hydrogens (primary N) is 2. The summed E-state index contributed by atoms with van der Waals surface area (Å²) < 4.78 is 53.7. The lowest BCUT2D eigenvalue weighted by atomic mass is 9.95. The van der Waals surface area contributed by atoms with Crippen LogP contribution in [0.15, 0.2) is 78.9 Å². The first-order valence-electron chi connectivity index (χ1n) is 11.7. The van der Waals surface area contributed by atoms with E-state index in [1.807, 2.05) is 0 Å².